The third kappa shape index (κ3) is 2.70. The van der Waals surface area contributed by atoms with E-state index in [0.29, 0.717) is 5.69 Å². The molecule has 1 aliphatic heterocycles. The summed E-state index contributed by atoms with van der Waals surface area (Å²) < 4.78 is 5.04. The van der Waals surface area contributed by atoms with Crippen molar-refractivity contribution in [1.82, 2.24) is 5.01 Å². The molecule has 1 fully saturated rings. The second kappa shape index (κ2) is 5.68. The highest BCUT2D eigenvalue weighted by Crippen LogP contribution is 2.34. The van der Waals surface area contributed by atoms with Crippen LogP contribution in [0.25, 0.3) is 0 Å². The van der Waals surface area contributed by atoms with E-state index in [1.165, 1.54) is 13.5 Å². The van der Waals surface area contributed by atoms with E-state index in [9.17, 15) is 10.1 Å². The minimum atomic E-state index is -0.412. The van der Waals surface area contributed by atoms with Gasteiger partial charge in [0.25, 0.3) is 0 Å². The molecule has 0 radical (unpaired) electrons. The number of nitro benzene ring substituents is 1. The van der Waals surface area contributed by atoms with Gasteiger partial charge in [-0.05, 0) is 25.0 Å². The molecule has 1 aliphatic rings. The van der Waals surface area contributed by atoms with Crippen LogP contribution in [0, 0.1) is 10.1 Å². The molecule has 0 amide bonds. The number of nitrogens with zero attached hydrogens (tertiary/aromatic N) is 2. The lowest BCUT2D eigenvalue weighted by atomic mass is 10.2. The monoisotopic (exact) mass is 251 g/mol. The molecular formula is C12H17N3O3. The zero-order valence-electron chi connectivity index (χ0n) is 10.4. The van der Waals surface area contributed by atoms with Gasteiger partial charge in [-0.15, -0.1) is 0 Å². The standard InChI is InChI=1S/C12H17N3O3/c1-18-11-7-5-6-10(12(11)15(16)17)13-14-8-3-2-4-9-14/h5-7,13H,2-4,8-9H2,1H3. The normalized spacial score (nSPS) is 16.3. The molecule has 0 aromatic heterocycles. The van der Waals surface area contributed by atoms with Crippen molar-refractivity contribution in [1.29, 1.82) is 0 Å². The molecule has 1 saturated heterocycles. The van der Waals surface area contributed by atoms with Crippen LogP contribution < -0.4 is 10.2 Å². The Bertz CT molecular complexity index is 431. The van der Waals surface area contributed by atoms with Crippen LogP contribution >= 0.6 is 0 Å². The molecule has 1 aromatic rings. The lowest BCUT2D eigenvalue weighted by molar-refractivity contribution is -0.384. The first-order valence-corrected chi connectivity index (χ1v) is 6.05. The number of piperidine rings is 1. The first-order valence-electron chi connectivity index (χ1n) is 6.05. The van der Waals surface area contributed by atoms with Gasteiger partial charge in [-0.3, -0.25) is 10.1 Å². The van der Waals surface area contributed by atoms with E-state index in [0.717, 1.165) is 25.9 Å². The molecule has 6 nitrogen and oxygen atoms in total. The van der Waals surface area contributed by atoms with Gasteiger partial charge in [0.05, 0.1) is 12.0 Å². The van der Waals surface area contributed by atoms with Gasteiger partial charge in [0, 0.05) is 13.1 Å². The quantitative estimate of drug-likeness (QED) is 0.657. The number of rotatable bonds is 4. The molecular weight excluding hydrogens is 234 g/mol. The number of anilines is 1. The maximum Gasteiger partial charge on any atom is 0.335 e. The molecule has 0 unspecified atom stereocenters. The molecule has 0 spiro atoms. The lowest BCUT2D eigenvalue weighted by Crippen LogP contribution is -2.35. The number of ether oxygens (including phenoxy) is 1. The number of hydrazine groups is 1. The highest BCUT2D eigenvalue weighted by Gasteiger charge is 2.22. The van der Waals surface area contributed by atoms with Crippen molar-refractivity contribution < 1.29 is 9.66 Å². The van der Waals surface area contributed by atoms with E-state index in [1.807, 2.05) is 5.01 Å². The first kappa shape index (κ1) is 12.6. The van der Waals surface area contributed by atoms with Gasteiger partial charge in [-0.25, -0.2) is 5.01 Å². The topological polar surface area (TPSA) is 67.6 Å². The van der Waals surface area contributed by atoms with Crippen LogP contribution in [0.15, 0.2) is 18.2 Å². The van der Waals surface area contributed by atoms with Gasteiger partial charge in [0.1, 0.15) is 5.69 Å². The van der Waals surface area contributed by atoms with Crippen molar-refractivity contribution in [3.8, 4) is 5.75 Å². The summed E-state index contributed by atoms with van der Waals surface area (Å²) in [6.45, 7) is 1.82. The maximum atomic E-state index is 11.1. The Morgan fingerprint density at radius 1 is 1.33 bits per heavy atom. The minimum Gasteiger partial charge on any atom is -0.490 e. The van der Waals surface area contributed by atoms with Crippen molar-refractivity contribution in [2.24, 2.45) is 0 Å². The number of methoxy groups -OCH3 is 1. The van der Waals surface area contributed by atoms with Crippen LogP contribution in [0.1, 0.15) is 19.3 Å². The summed E-state index contributed by atoms with van der Waals surface area (Å²) in [4.78, 5) is 10.7. The SMILES string of the molecule is COc1cccc(NN2CCCCC2)c1[N+](=O)[O-]. The van der Waals surface area contributed by atoms with E-state index < -0.39 is 4.92 Å². The van der Waals surface area contributed by atoms with Gasteiger partial charge in [-0.2, -0.15) is 0 Å². The van der Waals surface area contributed by atoms with Crippen LogP contribution in [0.3, 0.4) is 0 Å². The molecule has 1 N–H and O–H groups in total. The number of benzene rings is 1. The molecule has 1 heterocycles. The Morgan fingerprint density at radius 3 is 2.67 bits per heavy atom. The van der Waals surface area contributed by atoms with Crippen molar-refractivity contribution in [3.05, 3.63) is 28.3 Å². The van der Waals surface area contributed by atoms with Crippen LogP contribution in [-0.2, 0) is 0 Å². The number of hydrogen-bond acceptors (Lipinski definition) is 5. The van der Waals surface area contributed by atoms with Gasteiger partial charge >= 0.3 is 5.69 Å². The molecule has 1 aromatic carbocycles. The van der Waals surface area contributed by atoms with E-state index in [1.54, 1.807) is 18.2 Å². The Balaban J connectivity index is 2.23. The third-order valence-corrected chi connectivity index (χ3v) is 3.04. The second-order valence-electron chi connectivity index (χ2n) is 4.27. The van der Waals surface area contributed by atoms with E-state index in [4.69, 9.17) is 4.74 Å². The zero-order chi connectivity index (χ0) is 13.0. The molecule has 98 valence electrons. The molecule has 18 heavy (non-hydrogen) atoms. The molecule has 0 saturated carbocycles. The summed E-state index contributed by atoms with van der Waals surface area (Å²) >= 11 is 0. The summed E-state index contributed by atoms with van der Waals surface area (Å²) in [5.74, 6) is 0.280. The highest BCUT2D eigenvalue weighted by atomic mass is 16.6. The molecule has 0 atom stereocenters. The Labute approximate surface area is 106 Å². The Kier molecular flexibility index (Phi) is 3.99. The fraction of sp³-hybridized carbons (Fsp3) is 0.500. The van der Waals surface area contributed by atoms with E-state index in [2.05, 4.69) is 5.43 Å². The molecule has 0 bridgehead atoms. The van der Waals surface area contributed by atoms with E-state index in [-0.39, 0.29) is 11.4 Å². The predicted octanol–water partition coefficient (Wildman–Crippen LogP) is 2.42. The summed E-state index contributed by atoms with van der Waals surface area (Å²) in [5.41, 5.74) is 3.60. The van der Waals surface area contributed by atoms with Gasteiger partial charge in [0.2, 0.25) is 0 Å². The van der Waals surface area contributed by atoms with Crippen LogP contribution in [0.2, 0.25) is 0 Å². The highest BCUT2D eigenvalue weighted by molar-refractivity contribution is 5.68. The Morgan fingerprint density at radius 2 is 2.06 bits per heavy atom. The fourth-order valence-corrected chi connectivity index (χ4v) is 2.14. The average molecular weight is 251 g/mol. The first-order chi connectivity index (χ1) is 8.72. The summed E-state index contributed by atoms with van der Waals surface area (Å²) in [7, 11) is 1.44. The van der Waals surface area contributed by atoms with Crippen LogP contribution in [0.4, 0.5) is 11.4 Å². The molecule has 0 aliphatic carbocycles. The third-order valence-electron chi connectivity index (χ3n) is 3.04. The summed E-state index contributed by atoms with van der Waals surface area (Å²) in [6, 6.07) is 5.05. The predicted molar refractivity (Wildman–Crippen MR) is 68.7 cm³/mol. The minimum absolute atomic E-state index is 0.00873. The van der Waals surface area contributed by atoms with Crippen molar-refractivity contribution in [3.63, 3.8) is 0 Å². The number of nitrogens with one attached hydrogen (secondary N) is 1. The number of nitro groups is 1. The summed E-state index contributed by atoms with van der Waals surface area (Å²) in [6.07, 6.45) is 3.45. The smallest absolute Gasteiger partial charge is 0.335 e. The van der Waals surface area contributed by atoms with Gasteiger partial charge < -0.3 is 10.2 Å². The van der Waals surface area contributed by atoms with E-state index >= 15 is 0 Å². The zero-order valence-corrected chi connectivity index (χ0v) is 10.4. The van der Waals surface area contributed by atoms with Crippen molar-refractivity contribution in [2.45, 2.75) is 19.3 Å². The number of hydrogen-bond donors (Lipinski definition) is 1. The molecule has 2 rings (SSSR count). The van der Waals surface area contributed by atoms with Crippen LogP contribution in [-0.4, -0.2) is 30.1 Å². The fourth-order valence-electron chi connectivity index (χ4n) is 2.14. The van der Waals surface area contributed by atoms with Crippen molar-refractivity contribution >= 4 is 11.4 Å². The van der Waals surface area contributed by atoms with Crippen molar-refractivity contribution in [2.75, 3.05) is 25.6 Å². The van der Waals surface area contributed by atoms with Crippen LogP contribution in [0.5, 0.6) is 5.75 Å². The summed E-state index contributed by atoms with van der Waals surface area (Å²) in [5, 5.41) is 13.1. The maximum absolute atomic E-state index is 11.1. The molecule has 6 heteroatoms. The van der Waals surface area contributed by atoms with Gasteiger partial charge in [0.15, 0.2) is 5.75 Å². The lowest BCUT2D eigenvalue weighted by Gasteiger charge is -2.27. The average Bonchev–Trinajstić information content (AvgIpc) is 2.39. The van der Waals surface area contributed by atoms with Gasteiger partial charge in [-0.1, -0.05) is 12.5 Å². The largest absolute Gasteiger partial charge is 0.490 e. The Hall–Kier alpha value is -1.82. The second-order valence-corrected chi connectivity index (χ2v) is 4.27. The number of para-hydroxylation sites is 1.